The van der Waals surface area contributed by atoms with E-state index in [4.69, 9.17) is 16.6 Å². The molecule has 0 saturated carbocycles. The maximum Gasteiger partial charge on any atom is 0.152 e. The Morgan fingerprint density at radius 2 is 1.86 bits per heavy atom. The molecule has 0 atom stereocenters. The van der Waals surface area contributed by atoms with Crippen LogP contribution >= 0.6 is 11.6 Å². The van der Waals surface area contributed by atoms with Crippen molar-refractivity contribution in [1.29, 1.82) is 0 Å². The van der Waals surface area contributed by atoms with Crippen LogP contribution in [0.1, 0.15) is 16.8 Å². The standard InChI is InChI=1S/C17H16ClN3/c18-11-15-17(19-16-7-3-4-9-21(15)16)20-10-8-13-5-1-2-6-14(13)12-20/h1-7,9H,8,10-12H2. The fourth-order valence-electron chi connectivity index (χ4n) is 3.09. The zero-order valence-corrected chi connectivity index (χ0v) is 12.4. The third kappa shape index (κ3) is 2.09. The molecular formula is C17H16ClN3. The molecule has 0 bridgehead atoms. The van der Waals surface area contributed by atoms with Crippen LogP contribution in [0.4, 0.5) is 5.82 Å². The predicted octanol–water partition coefficient (Wildman–Crippen LogP) is 3.64. The number of fused-ring (bicyclic) bond motifs is 2. The molecule has 4 rings (SSSR count). The van der Waals surface area contributed by atoms with Crippen molar-refractivity contribution in [2.45, 2.75) is 18.8 Å². The maximum atomic E-state index is 6.18. The number of halogens is 1. The lowest BCUT2D eigenvalue weighted by Crippen LogP contribution is -2.31. The zero-order valence-electron chi connectivity index (χ0n) is 11.7. The van der Waals surface area contributed by atoms with E-state index in [1.54, 1.807) is 0 Å². The summed E-state index contributed by atoms with van der Waals surface area (Å²) in [6.07, 6.45) is 3.09. The molecule has 0 radical (unpaired) electrons. The van der Waals surface area contributed by atoms with E-state index in [9.17, 15) is 0 Å². The van der Waals surface area contributed by atoms with Gasteiger partial charge in [-0.1, -0.05) is 30.3 Å². The molecule has 3 heterocycles. The van der Waals surface area contributed by atoms with Gasteiger partial charge in [-0.25, -0.2) is 4.98 Å². The Bertz CT molecular complexity index is 794. The Morgan fingerprint density at radius 1 is 1.05 bits per heavy atom. The summed E-state index contributed by atoms with van der Waals surface area (Å²) >= 11 is 6.18. The number of benzene rings is 1. The second kappa shape index (κ2) is 5.08. The lowest BCUT2D eigenvalue weighted by atomic mass is 10.00. The van der Waals surface area contributed by atoms with Gasteiger partial charge in [0.1, 0.15) is 5.65 Å². The van der Waals surface area contributed by atoms with E-state index >= 15 is 0 Å². The summed E-state index contributed by atoms with van der Waals surface area (Å²) in [5, 5.41) is 0. The van der Waals surface area contributed by atoms with Gasteiger partial charge in [0.15, 0.2) is 5.82 Å². The Kier molecular flexibility index (Phi) is 3.08. The van der Waals surface area contributed by atoms with E-state index in [1.165, 1.54) is 11.1 Å². The predicted molar refractivity (Wildman–Crippen MR) is 85.9 cm³/mol. The van der Waals surface area contributed by atoms with Gasteiger partial charge in [0.05, 0.1) is 11.6 Å². The first-order valence-corrected chi connectivity index (χ1v) is 7.74. The molecule has 0 aliphatic carbocycles. The minimum Gasteiger partial charge on any atom is -0.350 e. The van der Waals surface area contributed by atoms with Crippen LogP contribution in [0.15, 0.2) is 48.7 Å². The molecule has 1 aromatic carbocycles. The van der Waals surface area contributed by atoms with Crippen molar-refractivity contribution in [3.63, 3.8) is 0 Å². The highest BCUT2D eigenvalue weighted by Gasteiger charge is 2.21. The smallest absolute Gasteiger partial charge is 0.152 e. The molecule has 2 aromatic heterocycles. The minimum atomic E-state index is 0.471. The summed E-state index contributed by atoms with van der Waals surface area (Å²) in [5.74, 6) is 1.49. The summed E-state index contributed by atoms with van der Waals surface area (Å²) in [6.45, 7) is 1.90. The van der Waals surface area contributed by atoms with E-state index in [-0.39, 0.29) is 0 Å². The van der Waals surface area contributed by atoms with Gasteiger partial charge in [0.25, 0.3) is 0 Å². The number of rotatable bonds is 2. The summed E-state index contributed by atoms with van der Waals surface area (Å²) in [7, 11) is 0. The van der Waals surface area contributed by atoms with Crippen molar-refractivity contribution in [3.05, 3.63) is 65.5 Å². The van der Waals surface area contributed by atoms with Crippen LogP contribution in [0.5, 0.6) is 0 Å². The molecular weight excluding hydrogens is 282 g/mol. The number of pyridine rings is 1. The van der Waals surface area contributed by atoms with Crippen molar-refractivity contribution >= 4 is 23.1 Å². The van der Waals surface area contributed by atoms with E-state index in [0.29, 0.717) is 5.88 Å². The fraction of sp³-hybridized carbons (Fsp3) is 0.235. The molecule has 0 saturated heterocycles. The molecule has 0 unspecified atom stereocenters. The van der Waals surface area contributed by atoms with Crippen molar-refractivity contribution < 1.29 is 0 Å². The van der Waals surface area contributed by atoms with E-state index in [2.05, 4.69) is 33.6 Å². The van der Waals surface area contributed by atoms with Crippen molar-refractivity contribution in [3.8, 4) is 0 Å². The molecule has 0 amide bonds. The number of imidazole rings is 1. The Balaban J connectivity index is 1.78. The fourth-order valence-corrected chi connectivity index (χ4v) is 3.34. The molecule has 21 heavy (non-hydrogen) atoms. The zero-order chi connectivity index (χ0) is 14.2. The van der Waals surface area contributed by atoms with E-state index in [0.717, 1.165) is 36.7 Å². The van der Waals surface area contributed by atoms with Gasteiger partial charge in [-0.15, -0.1) is 11.6 Å². The van der Waals surface area contributed by atoms with E-state index in [1.807, 2.05) is 24.4 Å². The highest BCUT2D eigenvalue weighted by molar-refractivity contribution is 6.17. The molecule has 0 N–H and O–H groups in total. The summed E-state index contributed by atoms with van der Waals surface area (Å²) in [4.78, 5) is 7.12. The molecule has 0 spiro atoms. The first-order valence-electron chi connectivity index (χ1n) is 7.20. The van der Waals surface area contributed by atoms with Crippen LogP contribution < -0.4 is 4.90 Å². The average Bonchev–Trinajstić information content (AvgIpc) is 2.93. The van der Waals surface area contributed by atoms with Gasteiger partial charge in [0.2, 0.25) is 0 Å². The van der Waals surface area contributed by atoms with Crippen LogP contribution in [0.2, 0.25) is 0 Å². The van der Waals surface area contributed by atoms with Crippen LogP contribution in [-0.2, 0) is 18.8 Å². The number of hydrogen-bond donors (Lipinski definition) is 0. The number of nitrogens with zero attached hydrogens (tertiary/aromatic N) is 3. The van der Waals surface area contributed by atoms with Crippen LogP contribution in [0.25, 0.3) is 5.65 Å². The van der Waals surface area contributed by atoms with Gasteiger partial charge in [-0.2, -0.15) is 0 Å². The maximum absolute atomic E-state index is 6.18. The van der Waals surface area contributed by atoms with Crippen molar-refractivity contribution in [1.82, 2.24) is 9.38 Å². The average molecular weight is 298 g/mol. The molecule has 3 aromatic rings. The summed E-state index contributed by atoms with van der Waals surface area (Å²) < 4.78 is 2.09. The summed E-state index contributed by atoms with van der Waals surface area (Å²) in [5.41, 5.74) is 4.87. The molecule has 0 fully saturated rings. The third-order valence-corrected chi connectivity index (χ3v) is 4.42. The first kappa shape index (κ1) is 12.7. The quantitative estimate of drug-likeness (QED) is 0.673. The first-order chi connectivity index (χ1) is 10.4. The Labute approximate surface area is 128 Å². The number of anilines is 1. The SMILES string of the molecule is ClCc1c(N2CCc3ccccc3C2)nc2ccccn12. The van der Waals surface area contributed by atoms with Crippen molar-refractivity contribution in [2.75, 3.05) is 11.4 Å². The normalized spacial score (nSPS) is 14.4. The molecule has 106 valence electrons. The van der Waals surface area contributed by atoms with Gasteiger partial charge >= 0.3 is 0 Å². The van der Waals surface area contributed by atoms with Gasteiger partial charge in [0, 0.05) is 19.3 Å². The third-order valence-electron chi connectivity index (χ3n) is 4.16. The minimum absolute atomic E-state index is 0.471. The van der Waals surface area contributed by atoms with Crippen molar-refractivity contribution in [2.24, 2.45) is 0 Å². The van der Waals surface area contributed by atoms with E-state index < -0.39 is 0 Å². The number of aromatic nitrogens is 2. The second-order valence-corrected chi connectivity index (χ2v) is 5.65. The Morgan fingerprint density at radius 3 is 2.71 bits per heavy atom. The van der Waals surface area contributed by atoms with Crippen LogP contribution in [0.3, 0.4) is 0 Å². The lowest BCUT2D eigenvalue weighted by Gasteiger charge is -2.29. The van der Waals surface area contributed by atoms with Crippen LogP contribution in [-0.4, -0.2) is 15.9 Å². The number of hydrogen-bond acceptors (Lipinski definition) is 2. The highest BCUT2D eigenvalue weighted by Crippen LogP contribution is 2.28. The second-order valence-electron chi connectivity index (χ2n) is 5.38. The van der Waals surface area contributed by atoms with Gasteiger partial charge < -0.3 is 9.30 Å². The monoisotopic (exact) mass is 297 g/mol. The molecule has 3 nitrogen and oxygen atoms in total. The summed E-state index contributed by atoms with van der Waals surface area (Å²) in [6, 6.07) is 14.7. The van der Waals surface area contributed by atoms with Gasteiger partial charge in [-0.05, 0) is 29.7 Å². The topological polar surface area (TPSA) is 20.5 Å². The highest BCUT2D eigenvalue weighted by atomic mass is 35.5. The largest absolute Gasteiger partial charge is 0.350 e. The number of alkyl halides is 1. The Hall–Kier alpha value is -2.00. The molecule has 4 heteroatoms. The molecule has 1 aliphatic rings. The molecule has 1 aliphatic heterocycles. The van der Waals surface area contributed by atoms with Crippen LogP contribution in [0, 0.1) is 0 Å². The van der Waals surface area contributed by atoms with Gasteiger partial charge in [-0.3, -0.25) is 0 Å². The lowest BCUT2D eigenvalue weighted by molar-refractivity contribution is 0.720.